The molecule has 1 fully saturated rings. The molecule has 1 saturated carbocycles. The van der Waals surface area contributed by atoms with E-state index in [1.165, 1.54) is 6.42 Å². The lowest BCUT2D eigenvalue weighted by molar-refractivity contribution is -0.0848. The van der Waals surface area contributed by atoms with Crippen LogP contribution in [0.3, 0.4) is 0 Å². The van der Waals surface area contributed by atoms with E-state index in [4.69, 9.17) is 16.3 Å². The Labute approximate surface area is 101 Å². The first-order chi connectivity index (χ1) is 7.57. The van der Waals surface area contributed by atoms with E-state index >= 15 is 0 Å². The van der Waals surface area contributed by atoms with E-state index in [2.05, 4.69) is 23.8 Å². The zero-order chi connectivity index (χ0) is 11.8. The van der Waals surface area contributed by atoms with Gasteiger partial charge in [0.1, 0.15) is 10.8 Å². The molecule has 3 nitrogen and oxygen atoms in total. The van der Waals surface area contributed by atoms with Crippen LogP contribution < -0.4 is 0 Å². The van der Waals surface area contributed by atoms with Crippen LogP contribution in [0.5, 0.6) is 0 Å². The Morgan fingerprint density at radius 1 is 1.38 bits per heavy atom. The summed E-state index contributed by atoms with van der Waals surface area (Å²) >= 11 is 6.03. The maximum Gasteiger partial charge on any atom is 0.162 e. The Bertz CT molecular complexity index is 383. The number of aromatic nitrogens is 2. The molecule has 88 valence electrons. The molecule has 1 aliphatic carbocycles. The van der Waals surface area contributed by atoms with E-state index in [0.29, 0.717) is 11.1 Å². The predicted octanol–water partition coefficient (Wildman–Crippen LogP) is 3.28. The van der Waals surface area contributed by atoms with Gasteiger partial charge in [-0.15, -0.1) is 0 Å². The number of ether oxygens (including phenoxy) is 1. The van der Waals surface area contributed by atoms with Crippen molar-refractivity contribution in [2.24, 2.45) is 0 Å². The van der Waals surface area contributed by atoms with E-state index < -0.39 is 0 Å². The van der Waals surface area contributed by atoms with Crippen LogP contribution in [0.1, 0.15) is 50.5 Å². The van der Waals surface area contributed by atoms with Crippen molar-refractivity contribution >= 4 is 11.6 Å². The van der Waals surface area contributed by atoms with Crippen LogP contribution in [0.25, 0.3) is 0 Å². The molecule has 0 radical (unpaired) electrons. The lowest BCUT2D eigenvalue weighted by Gasteiger charge is -2.39. The van der Waals surface area contributed by atoms with Crippen molar-refractivity contribution in [1.82, 2.24) is 9.97 Å². The Hall–Kier alpha value is -0.670. The molecule has 1 aromatic rings. The van der Waals surface area contributed by atoms with Gasteiger partial charge < -0.3 is 4.74 Å². The van der Waals surface area contributed by atoms with E-state index in [9.17, 15) is 0 Å². The number of hydrogen-bond acceptors (Lipinski definition) is 3. The lowest BCUT2D eigenvalue weighted by Crippen LogP contribution is -2.38. The summed E-state index contributed by atoms with van der Waals surface area (Å²) in [6.45, 7) is 4.20. The summed E-state index contributed by atoms with van der Waals surface area (Å²) in [5.74, 6) is 1.10. The normalized spacial score (nSPS) is 18.6. The molecular formula is C12H17ClN2O. The zero-order valence-corrected chi connectivity index (χ0v) is 10.7. The molecule has 0 spiro atoms. The Kier molecular flexibility index (Phi) is 3.17. The van der Waals surface area contributed by atoms with Crippen molar-refractivity contribution in [1.29, 1.82) is 0 Å². The number of halogens is 1. The van der Waals surface area contributed by atoms with Gasteiger partial charge in [-0.05, 0) is 31.2 Å². The molecule has 16 heavy (non-hydrogen) atoms. The fourth-order valence-corrected chi connectivity index (χ4v) is 2.14. The van der Waals surface area contributed by atoms with Crippen molar-refractivity contribution in [3.63, 3.8) is 0 Å². The molecule has 0 N–H and O–H groups in total. The van der Waals surface area contributed by atoms with E-state index in [0.717, 1.165) is 24.4 Å². The van der Waals surface area contributed by atoms with Crippen LogP contribution in [0.2, 0.25) is 5.15 Å². The van der Waals surface area contributed by atoms with Crippen molar-refractivity contribution in [3.05, 3.63) is 22.7 Å². The summed E-state index contributed by atoms with van der Waals surface area (Å²) in [6, 6.07) is 1.83. The van der Waals surface area contributed by atoms with Crippen LogP contribution in [0, 0.1) is 0 Å². The fraction of sp³-hybridized carbons (Fsp3) is 0.667. The Morgan fingerprint density at radius 2 is 2.06 bits per heavy atom. The summed E-state index contributed by atoms with van der Waals surface area (Å²) < 4.78 is 5.57. The highest BCUT2D eigenvalue weighted by atomic mass is 35.5. The largest absolute Gasteiger partial charge is 0.370 e. The van der Waals surface area contributed by atoms with Gasteiger partial charge in [0.05, 0.1) is 0 Å². The van der Waals surface area contributed by atoms with Crippen molar-refractivity contribution in [2.45, 2.75) is 44.6 Å². The maximum atomic E-state index is 6.03. The standard InChI is InChI=1S/C12H17ClN2O/c1-8(2)9-7-10(13)15-11(14-9)12(16-3)5-4-6-12/h7-8H,4-6H2,1-3H3. The molecule has 4 heteroatoms. The maximum absolute atomic E-state index is 6.03. The second kappa shape index (κ2) is 4.30. The third-order valence-corrected chi connectivity index (χ3v) is 3.46. The van der Waals surface area contributed by atoms with Crippen molar-refractivity contribution in [3.8, 4) is 0 Å². The molecule has 0 amide bonds. The summed E-state index contributed by atoms with van der Waals surface area (Å²) in [5.41, 5.74) is 0.701. The first kappa shape index (κ1) is 11.8. The summed E-state index contributed by atoms with van der Waals surface area (Å²) in [5, 5.41) is 0.511. The first-order valence-electron chi connectivity index (χ1n) is 5.67. The SMILES string of the molecule is COC1(c2nc(Cl)cc(C(C)C)n2)CCC1. The smallest absolute Gasteiger partial charge is 0.162 e. The minimum absolute atomic E-state index is 0.283. The Balaban J connectivity index is 2.40. The molecule has 2 rings (SSSR count). The van der Waals surface area contributed by atoms with Crippen molar-refractivity contribution in [2.75, 3.05) is 7.11 Å². The topological polar surface area (TPSA) is 35.0 Å². The van der Waals surface area contributed by atoms with E-state index in [1.807, 2.05) is 6.07 Å². The molecule has 0 atom stereocenters. The highest BCUT2D eigenvalue weighted by molar-refractivity contribution is 6.29. The van der Waals surface area contributed by atoms with Gasteiger partial charge >= 0.3 is 0 Å². The van der Waals surface area contributed by atoms with Gasteiger partial charge in [0.15, 0.2) is 5.82 Å². The Morgan fingerprint density at radius 3 is 2.50 bits per heavy atom. The number of hydrogen-bond donors (Lipinski definition) is 0. The summed E-state index contributed by atoms with van der Waals surface area (Å²) in [6.07, 6.45) is 3.14. The fourth-order valence-electron chi connectivity index (χ4n) is 1.95. The molecule has 1 aromatic heterocycles. The molecule has 1 heterocycles. The highest BCUT2D eigenvalue weighted by Gasteiger charge is 2.42. The monoisotopic (exact) mass is 240 g/mol. The average Bonchev–Trinajstić information content (AvgIpc) is 2.16. The second-order valence-corrected chi connectivity index (χ2v) is 5.03. The number of rotatable bonds is 3. The molecule has 0 unspecified atom stereocenters. The minimum atomic E-state index is -0.283. The van der Waals surface area contributed by atoms with Gasteiger partial charge in [-0.1, -0.05) is 25.4 Å². The average molecular weight is 241 g/mol. The lowest BCUT2D eigenvalue weighted by atomic mass is 9.79. The molecule has 0 bridgehead atoms. The van der Waals surface area contributed by atoms with E-state index in [1.54, 1.807) is 7.11 Å². The molecular weight excluding hydrogens is 224 g/mol. The van der Waals surface area contributed by atoms with Crippen LogP contribution in [0.4, 0.5) is 0 Å². The van der Waals surface area contributed by atoms with Gasteiger partial charge in [-0.2, -0.15) is 0 Å². The van der Waals surface area contributed by atoms with Gasteiger partial charge in [0, 0.05) is 12.8 Å². The third-order valence-electron chi connectivity index (χ3n) is 3.27. The summed E-state index contributed by atoms with van der Waals surface area (Å²) in [4.78, 5) is 8.89. The quantitative estimate of drug-likeness (QED) is 0.761. The van der Waals surface area contributed by atoms with Crippen molar-refractivity contribution < 1.29 is 4.74 Å². The summed E-state index contributed by atoms with van der Waals surface area (Å²) in [7, 11) is 1.72. The van der Waals surface area contributed by atoms with Gasteiger partial charge in [0.25, 0.3) is 0 Å². The van der Waals surface area contributed by atoms with Crippen LogP contribution in [-0.2, 0) is 10.3 Å². The molecule has 0 aromatic carbocycles. The number of methoxy groups -OCH3 is 1. The van der Waals surface area contributed by atoms with E-state index in [-0.39, 0.29) is 5.60 Å². The number of nitrogens with zero attached hydrogens (tertiary/aromatic N) is 2. The molecule has 0 saturated heterocycles. The van der Waals surface area contributed by atoms with Crippen LogP contribution in [0.15, 0.2) is 6.07 Å². The molecule has 1 aliphatic rings. The van der Waals surface area contributed by atoms with Crippen LogP contribution in [-0.4, -0.2) is 17.1 Å². The highest BCUT2D eigenvalue weighted by Crippen LogP contribution is 2.43. The van der Waals surface area contributed by atoms with Gasteiger partial charge in [-0.3, -0.25) is 0 Å². The molecule has 0 aliphatic heterocycles. The zero-order valence-electron chi connectivity index (χ0n) is 9.96. The van der Waals surface area contributed by atoms with Gasteiger partial charge in [-0.25, -0.2) is 9.97 Å². The first-order valence-corrected chi connectivity index (χ1v) is 6.05. The van der Waals surface area contributed by atoms with Gasteiger partial charge in [0.2, 0.25) is 0 Å². The third kappa shape index (κ3) is 1.94. The predicted molar refractivity (Wildman–Crippen MR) is 63.7 cm³/mol. The minimum Gasteiger partial charge on any atom is -0.370 e. The second-order valence-electron chi connectivity index (χ2n) is 4.65. The van der Waals surface area contributed by atoms with Crippen LogP contribution >= 0.6 is 11.6 Å².